The predicted molar refractivity (Wildman–Crippen MR) is 83.9 cm³/mol. The van der Waals surface area contributed by atoms with E-state index in [9.17, 15) is 0 Å². The number of furan rings is 1. The van der Waals surface area contributed by atoms with E-state index in [4.69, 9.17) is 4.42 Å². The van der Waals surface area contributed by atoms with Gasteiger partial charge in [0, 0.05) is 5.39 Å². The normalized spacial score (nSPS) is 18.4. The predicted octanol–water partition coefficient (Wildman–Crippen LogP) is 4.83. The molecule has 2 aromatic rings. The molecule has 0 radical (unpaired) electrons. The molecule has 20 heavy (non-hydrogen) atoms. The Morgan fingerprint density at radius 3 is 2.80 bits per heavy atom. The third kappa shape index (κ3) is 2.62. The number of hydrogen-bond donors (Lipinski definition) is 1. The van der Waals surface area contributed by atoms with Gasteiger partial charge in [-0.3, -0.25) is 0 Å². The van der Waals surface area contributed by atoms with Crippen LogP contribution >= 0.6 is 0 Å². The second kappa shape index (κ2) is 5.61. The lowest BCUT2D eigenvalue weighted by molar-refractivity contribution is 0.306. The van der Waals surface area contributed by atoms with Gasteiger partial charge in [-0.05, 0) is 56.2 Å². The molecule has 1 fully saturated rings. The van der Waals surface area contributed by atoms with E-state index in [1.54, 1.807) is 0 Å². The smallest absolute Gasteiger partial charge is 0.137 e. The Morgan fingerprint density at radius 2 is 2.15 bits per heavy atom. The summed E-state index contributed by atoms with van der Waals surface area (Å²) in [4.78, 5) is 0. The second-order valence-corrected chi connectivity index (χ2v) is 6.27. The van der Waals surface area contributed by atoms with Crippen LogP contribution in [0.1, 0.15) is 50.5 Å². The van der Waals surface area contributed by atoms with E-state index in [0.717, 1.165) is 30.2 Å². The summed E-state index contributed by atoms with van der Waals surface area (Å²) in [7, 11) is 0. The van der Waals surface area contributed by atoms with Gasteiger partial charge in [0.25, 0.3) is 0 Å². The summed E-state index contributed by atoms with van der Waals surface area (Å²) in [5.74, 6) is 2.64. The minimum atomic E-state index is 0.356. The van der Waals surface area contributed by atoms with Crippen molar-refractivity contribution in [2.45, 2.75) is 46.1 Å². The number of para-hydroxylation sites is 1. The van der Waals surface area contributed by atoms with Crippen LogP contribution in [0, 0.1) is 18.8 Å². The van der Waals surface area contributed by atoms with Gasteiger partial charge in [0.2, 0.25) is 0 Å². The molecule has 0 spiro atoms. The van der Waals surface area contributed by atoms with E-state index in [2.05, 4.69) is 50.4 Å². The van der Waals surface area contributed by atoms with Gasteiger partial charge in [0.05, 0.1) is 6.04 Å². The molecule has 2 nitrogen and oxygen atoms in total. The van der Waals surface area contributed by atoms with Crippen LogP contribution in [0.25, 0.3) is 11.0 Å². The lowest BCUT2D eigenvalue weighted by Crippen LogP contribution is -2.28. The number of fused-ring (bicyclic) bond motifs is 1. The van der Waals surface area contributed by atoms with Gasteiger partial charge in [-0.15, -0.1) is 0 Å². The van der Waals surface area contributed by atoms with E-state index in [-0.39, 0.29) is 0 Å². The molecule has 1 aromatic carbocycles. The van der Waals surface area contributed by atoms with Crippen LogP contribution in [-0.4, -0.2) is 6.54 Å². The quantitative estimate of drug-likeness (QED) is 0.814. The molecule has 0 bridgehead atoms. The summed E-state index contributed by atoms with van der Waals surface area (Å²) < 4.78 is 6.19. The minimum Gasteiger partial charge on any atom is -0.459 e. The molecule has 1 aliphatic carbocycles. The van der Waals surface area contributed by atoms with Gasteiger partial charge in [0.15, 0.2) is 0 Å². The van der Waals surface area contributed by atoms with E-state index in [0.29, 0.717) is 12.0 Å². The average molecular weight is 271 g/mol. The van der Waals surface area contributed by atoms with Crippen molar-refractivity contribution in [1.29, 1.82) is 0 Å². The molecular formula is C18H25NO. The summed E-state index contributed by atoms with van der Waals surface area (Å²) in [6.07, 6.45) is 3.92. The molecule has 2 heteroatoms. The summed E-state index contributed by atoms with van der Waals surface area (Å²) in [5, 5.41) is 4.92. The zero-order valence-corrected chi connectivity index (χ0v) is 12.8. The number of nitrogens with one attached hydrogen (secondary N) is 1. The van der Waals surface area contributed by atoms with Gasteiger partial charge in [-0.2, -0.15) is 0 Å². The molecule has 1 N–H and O–H groups in total. The highest BCUT2D eigenvalue weighted by atomic mass is 16.3. The summed E-state index contributed by atoms with van der Waals surface area (Å²) in [6.45, 7) is 7.76. The number of rotatable bonds is 6. The van der Waals surface area contributed by atoms with Crippen LogP contribution < -0.4 is 5.32 Å². The van der Waals surface area contributed by atoms with Crippen molar-refractivity contribution in [1.82, 2.24) is 5.32 Å². The first-order valence-electron chi connectivity index (χ1n) is 7.93. The number of aryl methyl sites for hydroxylation is 1. The van der Waals surface area contributed by atoms with E-state index in [1.165, 1.54) is 23.8 Å². The Morgan fingerprint density at radius 1 is 1.35 bits per heavy atom. The van der Waals surface area contributed by atoms with Gasteiger partial charge in [0.1, 0.15) is 11.3 Å². The van der Waals surface area contributed by atoms with Crippen LogP contribution in [0.5, 0.6) is 0 Å². The van der Waals surface area contributed by atoms with Gasteiger partial charge < -0.3 is 9.73 Å². The Bertz CT molecular complexity index is 582. The second-order valence-electron chi connectivity index (χ2n) is 6.27. The van der Waals surface area contributed by atoms with Gasteiger partial charge in [-0.1, -0.05) is 32.0 Å². The Balaban J connectivity index is 1.92. The molecule has 2 unspecified atom stereocenters. The zero-order valence-electron chi connectivity index (χ0n) is 12.8. The standard InChI is InChI=1S/C18H25NO/c1-4-10-19-17(13(3)14-8-9-14)16-11-15-7-5-6-12(2)18(15)20-16/h5-7,11,13-14,17,19H,4,8-10H2,1-3H3. The molecule has 2 atom stereocenters. The largest absolute Gasteiger partial charge is 0.459 e. The monoisotopic (exact) mass is 271 g/mol. The van der Waals surface area contributed by atoms with E-state index in [1.807, 2.05) is 0 Å². The van der Waals surface area contributed by atoms with Crippen molar-refractivity contribution in [3.8, 4) is 0 Å². The van der Waals surface area contributed by atoms with Crippen LogP contribution in [-0.2, 0) is 0 Å². The van der Waals surface area contributed by atoms with Crippen molar-refractivity contribution in [3.05, 3.63) is 35.6 Å². The minimum absolute atomic E-state index is 0.356. The highest BCUT2D eigenvalue weighted by Crippen LogP contribution is 2.43. The maximum absolute atomic E-state index is 6.19. The highest BCUT2D eigenvalue weighted by molar-refractivity contribution is 5.81. The molecule has 0 amide bonds. The van der Waals surface area contributed by atoms with Crippen molar-refractivity contribution in [2.24, 2.45) is 11.8 Å². The number of benzene rings is 1. The molecule has 1 heterocycles. The van der Waals surface area contributed by atoms with Crippen LogP contribution in [0.2, 0.25) is 0 Å². The summed E-state index contributed by atoms with van der Waals surface area (Å²) in [5.41, 5.74) is 2.27. The SMILES string of the molecule is CCCNC(c1cc2cccc(C)c2o1)C(C)C1CC1. The molecule has 1 saturated carbocycles. The van der Waals surface area contributed by atoms with Gasteiger partial charge >= 0.3 is 0 Å². The molecule has 1 aromatic heterocycles. The maximum atomic E-state index is 6.19. The molecule has 108 valence electrons. The fourth-order valence-electron chi connectivity index (χ4n) is 3.12. The highest BCUT2D eigenvalue weighted by Gasteiger charge is 2.35. The lowest BCUT2D eigenvalue weighted by atomic mass is 9.94. The average Bonchev–Trinajstić information content (AvgIpc) is 3.20. The topological polar surface area (TPSA) is 25.2 Å². The summed E-state index contributed by atoms with van der Waals surface area (Å²) >= 11 is 0. The third-order valence-corrected chi connectivity index (χ3v) is 4.57. The Hall–Kier alpha value is -1.28. The van der Waals surface area contributed by atoms with Crippen molar-refractivity contribution >= 4 is 11.0 Å². The maximum Gasteiger partial charge on any atom is 0.137 e. The first-order chi connectivity index (χ1) is 9.70. The summed E-state index contributed by atoms with van der Waals surface area (Å²) in [6, 6.07) is 8.96. The Kier molecular flexibility index (Phi) is 3.84. The van der Waals surface area contributed by atoms with Crippen LogP contribution in [0.4, 0.5) is 0 Å². The van der Waals surface area contributed by atoms with E-state index < -0.39 is 0 Å². The molecule has 0 aliphatic heterocycles. The molecule has 0 saturated heterocycles. The Labute approximate surface area is 121 Å². The van der Waals surface area contributed by atoms with Crippen molar-refractivity contribution in [2.75, 3.05) is 6.54 Å². The molecule has 1 aliphatic rings. The lowest BCUT2D eigenvalue weighted by Gasteiger charge is -2.23. The fraction of sp³-hybridized carbons (Fsp3) is 0.556. The third-order valence-electron chi connectivity index (χ3n) is 4.57. The van der Waals surface area contributed by atoms with Crippen LogP contribution in [0.15, 0.2) is 28.7 Å². The zero-order chi connectivity index (χ0) is 14.1. The molecular weight excluding hydrogens is 246 g/mol. The number of hydrogen-bond acceptors (Lipinski definition) is 2. The fourth-order valence-corrected chi connectivity index (χ4v) is 3.12. The molecule has 3 rings (SSSR count). The van der Waals surface area contributed by atoms with Gasteiger partial charge in [-0.25, -0.2) is 0 Å². The first kappa shape index (κ1) is 13.7. The van der Waals surface area contributed by atoms with Crippen LogP contribution in [0.3, 0.4) is 0 Å². The van der Waals surface area contributed by atoms with E-state index >= 15 is 0 Å². The van der Waals surface area contributed by atoms with Crippen molar-refractivity contribution in [3.63, 3.8) is 0 Å². The first-order valence-corrected chi connectivity index (χ1v) is 7.93. The van der Waals surface area contributed by atoms with Crippen molar-refractivity contribution < 1.29 is 4.42 Å².